The molecule has 1 aromatic carbocycles. The predicted molar refractivity (Wildman–Crippen MR) is 102 cm³/mol. The molecule has 0 fully saturated rings. The van der Waals surface area contributed by atoms with Gasteiger partial charge in [-0.25, -0.2) is 9.67 Å². The number of aromatic nitrogens is 5. The molecule has 0 saturated carbocycles. The molecule has 0 bridgehead atoms. The topological polar surface area (TPSA) is 81.7 Å². The van der Waals surface area contributed by atoms with Crippen LogP contribution in [0.3, 0.4) is 0 Å². The lowest BCUT2D eigenvalue weighted by Crippen LogP contribution is -2.24. The Bertz CT molecular complexity index is 1130. The zero-order valence-electron chi connectivity index (χ0n) is 15.3. The van der Waals surface area contributed by atoms with Crippen molar-refractivity contribution in [2.75, 3.05) is 6.54 Å². The molecule has 3 aromatic heterocycles. The molecule has 4 heterocycles. The first-order chi connectivity index (χ1) is 13.2. The maximum absolute atomic E-state index is 5.56. The summed E-state index contributed by atoms with van der Waals surface area (Å²) >= 11 is 0. The van der Waals surface area contributed by atoms with E-state index in [1.54, 1.807) is 6.20 Å². The van der Waals surface area contributed by atoms with Gasteiger partial charge in [-0.2, -0.15) is 10.1 Å². The summed E-state index contributed by atoms with van der Waals surface area (Å²) in [6, 6.07) is 8.51. The Balaban J connectivity index is 1.54. The van der Waals surface area contributed by atoms with E-state index in [0.29, 0.717) is 11.7 Å². The molecule has 1 aliphatic rings. The van der Waals surface area contributed by atoms with E-state index in [-0.39, 0.29) is 6.04 Å². The number of fused-ring (bicyclic) bond motifs is 2. The molecule has 136 valence electrons. The van der Waals surface area contributed by atoms with E-state index in [1.165, 1.54) is 11.1 Å². The van der Waals surface area contributed by atoms with E-state index in [4.69, 9.17) is 4.52 Å². The molecule has 0 aliphatic carbocycles. The largest absolute Gasteiger partial charge is 0.334 e. The van der Waals surface area contributed by atoms with Gasteiger partial charge < -0.3 is 9.84 Å². The normalized spacial score (nSPS) is 14.0. The Kier molecular flexibility index (Phi) is 3.75. The van der Waals surface area contributed by atoms with Crippen LogP contribution in [-0.4, -0.2) is 31.4 Å². The van der Waals surface area contributed by atoms with Crippen molar-refractivity contribution in [2.24, 2.45) is 0 Å². The van der Waals surface area contributed by atoms with Crippen LogP contribution in [0.1, 0.15) is 31.0 Å². The van der Waals surface area contributed by atoms with Crippen LogP contribution in [-0.2, 0) is 13.0 Å². The van der Waals surface area contributed by atoms with Crippen LogP contribution < -0.4 is 5.32 Å². The molecule has 1 aliphatic heterocycles. The molecule has 5 rings (SSSR count). The van der Waals surface area contributed by atoms with Crippen molar-refractivity contribution in [1.29, 1.82) is 0 Å². The maximum Gasteiger partial charge on any atom is 0.259 e. The number of rotatable bonds is 3. The second kappa shape index (κ2) is 6.28. The number of hydrogen-bond donors (Lipinski definition) is 1. The highest BCUT2D eigenvalue weighted by molar-refractivity contribution is 5.79. The SMILES string of the molecule is CC(C)n1ncc2cc(-c3nc(-c4cccc5c4CCNC5)no3)cnc21. The van der Waals surface area contributed by atoms with Crippen molar-refractivity contribution >= 4 is 11.0 Å². The van der Waals surface area contributed by atoms with Gasteiger partial charge in [0.2, 0.25) is 5.82 Å². The van der Waals surface area contributed by atoms with E-state index < -0.39 is 0 Å². The van der Waals surface area contributed by atoms with Gasteiger partial charge in [0.05, 0.1) is 11.8 Å². The summed E-state index contributed by atoms with van der Waals surface area (Å²) in [4.78, 5) is 9.20. The van der Waals surface area contributed by atoms with E-state index in [2.05, 4.69) is 51.5 Å². The Labute approximate surface area is 156 Å². The first-order valence-electron chi connectivity index (χ1n) is 9.20. The predicted octanol–water partition coefficient (Wildman–Crippen LogP) is 3.37. The molecule has 27 heavy (non-hydrogen) atoms. The highest BCUT2D eigenvalue weighted by atomic mass is 16.5. The van der Waals surface area contributed by atoms with Gasteiger partial charge in [-0.1, -0.05) is 23.4 Å². The summed E-state index contributed by atoms with van der Waals surface area (Å²) in [5, 5.41) is 13.0. The number of hydrogen-bond acceptors (Lipinski definition) is 6. The zero-order valence-corrected chi connectivity index (χ0v) is 15.3. The summed E-state index contributed by atoms with van der Waals surface area (Å²) in [6.07, 6.45) is 4.56. The van der Waals surface area contributed by atoms with Crippen LogP contribution in [0.5, 0.6) is 0 Å². The maximum atomic E-state index is 5.56. The van der Waals surface area contributed by atoms with Crippen LogP contribution in [0, 0.1) is 0 Å². The molecule has 0 spiro atoms. The average molecular weight is 360 g/mol. The van der Waals surface area contributed by atoms with E-state index in [9.17, 15) is 0 Å². The lowest BCUT2D eigenvalue weighted by molar-refractivity contribution is 0.432. The molecular formula is C20H20N6O. The van der Waals surface area contributed by atoms with Crippen molar-refractivity contribution < 1.29 is 4.52 Å². The fourth-order valence-electron chi connectivity index (χ4n) is 3.63. The van der Waals surface area contributed by atoms with Crippen LogP contribution >= 0.6 is 0 Å². The molecular weight excluding hydrogens is 340 g/mol. The van der Waals surface area contributed by atoms with E-state index in [0.717, 1.165) is 41.7 Å². The number of benzene rings is 1. The molecule has 0 saturated heterocycles. The summed E-state index contributed by atoms with van der Waals surface area (Å²) in [5.41, 5.74) is 5.31. The van der Waals surface area contributed by atoms with Gasteiger partial charge in [0.25, 0.3) is 5.89 Å². The van der Waals surface area contributed by atoms with Crippen molar-refractivity contribution in [1.82, 2.24) is 30.2 Å². The highest BCUT2D eigenvalue weighted by Gasteiger charge is 2.19. The third-order valence-corrected chi connectivity index (χ3v) is 4.98. The standard InChI is InChI=1S/C20H20N6O/c1-12(2)26-19-14(11-23-26)8-15(10-22-19)20-24-18(25-27-20)17-5-3-4-13-9-21-7-6-16(13)17/h3-5,8,10-12,21H,6-7,9H2,1-2H3. The molecule has 0 radical (unpaired) electrons. The fourth-order valence-corrected chi connectivity index (χ4v) is 3.63. The summed E-state index contributed by atoms with van der Waals surface area (Å²) in [7, 11) is 0. The van der Waals surface area contributed by atoms with Gasteiger partial charge in [-0.05, 0) is 44.0 Å². The Morgan fingerprint density at radius 1 is 1.22 bits per heavy atom. The lowest BCUT2D eigenvalue weighted by atomic mass is 9.95. The summed E-state index contributed by atoms with van der Waals surface area (Å²) in [6.45, 7) is 6.02. The fraction of sp³-hybridized carbons (Fsp3) is 0.300. The van der Waals surface area contributed by atoms with Gasteiger partial charge in [0, 0.05) is 29.7 Å². The van der Waals surface area contributed by atoms with Crippen LogP contribution in [0.15, 0.2) is 41.2 Å². The van der Waals surface area contributed by atoms with Crippen LogP contribution in [0.4, 0.5) is 0 Å². The number of pyridine rings is 1. The first-order valence-corrected chi connectivity index (χ1v) is 9.20. The molecule has 7 heteroatoms. The van der Waals surface area contributed by atoms with Crippen LogP contribution in [0.2, 0.25) is 0 Å². The second-order valence-corrected chi connectivity index (χ2v) is 7.11. The Hall–Kier alpha value is -3.06. The Morgan fingerprint density at radius 3 is 3.04 bits per heavy atom. The van der Waals surface area contributed by atoms with Crippen LogP contribution in [0.25, 0.3) is 33.9 Å². The minimum atomic E-state index is 0.259. The third-order valence-electron chi connectivity index (χ3n) is 4.98. The van der Waals surface area contributed by atoms with Crippen molar-refractivity contribution in [2.45, 2.75) is 32.9 Å². The third kappa shape index (κ3) is 2.71. The zero-order chi connectivity index (χ0) is 18.4. The quantitative estimate of drug-likeness (QED) is 0.603. The molecule has 4 aromatic rings. The average Bonchev–Trinajstić information content (AvgIpc) is 3.34. The molecule has 0 unspecified atom stereocenters. The molecule has 7 nitrogen and oxygen atoms in total. The van der Waals surface area contributed by atoms with Crippen molar-refractivity contribution in [3.05, 3.63) is 47.8 Å². The monoisotopic (exact) mass is 360 g/mol. The van der Waals surface area contributed by atoms with Crippen molar-refractivity contribution in [3.8, 4) is 22.8 Å². The lowest BCUT2D eigenvalue weighted by Gasteiger charge is -2.18. The summed E-state index contributed by atoms with van der Waals surface area (Å²) < 4.78 is 7.46. The molecule has 1 N–H and O–H groups in total. The number of nitrogens with zero attached hydrogens (tertiary/aromatic N) is 5. The minimum Gasteiger partial charge on any atom is -0.334 e. The second-order valence-electron chi connectivity index (χ2n) is 7.11. The summed E-state index contributed by atoms with van der Waals surface area (Å²) in [5.74, 6) is 1.10. The highest BCUT2D eigenvalue weighted by Crippen LogP contribution is 2.29. The minimum absolute atomic E-state index is 0.259. The Morgan fingerprint density at radius 2 is 2.15 bits per heavy atom. The molecule has 0 amide bonds. The number of nitrogens with one attached hydrogen (secondary N) is 1. The van der Waals surface area contributed by atoms with Crippen molar-refractivity contribution in [3.63, 3.8) is 0 Å². The van der Waals surface area contributed by atoms with Gasteiger partial charge in [0.1, 0.15) is 0 Å². The van der Waals surface area contributed by atoms with E-state index in [1.807, 2.05) is 23.0 Å². The van der Waals surface area contributed by atoms with Gasteiger partial charge in [-0.3, -0.25) is 0 Å². The van der Waals surface area contributed by atoms with Gasteiger partial charge in [-0.15, -0.1) is 0 Å². The molecule has 0 atom stereocenters. The van der Waals surface area contributed by atoms with Gasteiger partial charge in [0.15, 0.2) is 5.65 Å². The smallest absolute Gasteiger partial charge is 0.259 e. The first kappa shape index (κ1) is 16.1. The van der Waals surface area contributed by atoms with E-state index >= 15 is 0 Å². The van der Waals surface area contributed by atoms with Gasteiger partial charge >= 0.3 is 0 Å².